The van der Waals surface area contributed by atoms with Gasteiger partial charge in [0.2, 0.25) is 0 Å². The number of phenols is 1. The molecule has 0 unspecified atom stereocenters. The number of aromatic nitrogens is 2. The molecular weight excluding hydrogens is 214 g/mol. The van der Waals surface area contributed by atoms with Crippen molar-refractivity contribution in [1.82, 2.24) is 9.78 Å². The standard InChI is InChI=1S/C13H17N3O/c1-3-16-12(6-7-15-16)9-14-11-4-5-13(17)10(2)8-11/h4-8,14,17H,3,9H2,1-2H3. The van der Waals surface area contributed by atoms with Crippen LogP contribution in [0.4, 0.5) is 5.69 Å². The highest BCUT2D eigenvalue weighted by molar-refractivity contribution is 5.50. The molecule has 0 saturated carbocycles. The van der Waals surface area contributed by atoms with E-state index < -0.39 is 0 Å². The highest BCUT2D eigenvalue weighted by Gasteiger charge is 2.01. The predicted molar refractivity (Wildman–Crippen MR) is 68.1 cm³/mol. The number of rotatable bonds is 4. The van der Waals surface area contributed by atoms with Gasteiger partial charge >= 0.3 is 0 Å². The molecule has 0 atom stereocenters. The zero-order valence-corrected chi connectivity index (χ0v) is 10.1. The van der Waals surface area contributed by atoms with Crippen LogP contribution in [0, 0.1) is 6.92 Å². The van der Waals surface area contributed by atoms with Crippen molar-refractivity contribution >= 4 is 5.69 Å². The fraction of sp³-hybridized carbons (Fsp3) is 0.308. The van der Waals surface area contributed by atoms with Gasteiger partial charge in [0.25, 0.3) is 0 Å². The highest BCUT2D eigenvalue weighted by Crippen LogP contribution is 2.20. The number of aryl methyl sites for hydroxylation is 2. The highest BCUT2D eigenvalue weighted by atomic mass is 16.3. The van der Waals surface area contributed by atoms with Gasteiger partial charge in [0.05, 0.1) is 12.2 Å². The number of phenolic OH excluding ortho intramolecular Hbond substituents is 1. The second kappa shape index (κ2) is 4.91. The lowest BCUT2D eigenvalue weighted by atomic mass is 10.2. The summed E-state index contributed by atoms with van der Waals surface area (Å²) in [4.78, 5) is 0. The molecular formula is C13H17N3O. The van der Waals surface area contributed by atoms with Crippen LogP contribution in [-0.2, 0) is 13.1 Å². The topological polar surface area (TPSA) is 50.1 Å². The van der Waals surface area contributed by atoms with Crippen LogP contribution < -0.4 is 5.32 Å². The van der Waals surface area contributed by atoms with E-state index in [4.69, 9.17) is 0 Å². The number of nitrogens with one attached hydrogen (secondary N) is 1. The zero-order chi connectivity index (χ0) is 12.3. The number of nitrogens with zero attached hydrogens (tertiary/aromatic N) is 2. The van der Waals surface area contributed by atoms with E-state index >= 15 is 0 Å². The summed E-state index contributed by atoms with van der Waals surface area (Å²) in [6.07, 6.45) is 1.81. The summed E-state index contributed by atoms with van der Waals surface area (Å²) in [6.45, 7) is 5.56. The van der Waals surface area contributed by atoms with Gasteiger partial charge in [0.15, 0.2) is 0 Å². The summed E-state index contributed by atoms with van der Waals surface area (Å²) in [5.41, 5.74) is 3.03. The van der Waals surface area contributed by atoms with Crippen LogP contribution in [-0.4, -0.2) is 14.9 Å². The molecule has 2 N–H and O–H groups in total. The minimum Gasteiger partial charge on any atom is -0.508 e. The fourth-order valence-electron chi connectivity index (χ4n) is 1.75. The molecule has 4 heteroatoms. The van der Waals surface area contributed by atoms with Crippen LogP contribution >= 0.6 is 0 Å². The summed E-state index contributed by atoms with van der Waals surface area (Å²) < 4.78 is 1.96. The fourth-order valence-corrected chi connectivity index (χ4v) is 1.75. The summed E-state index contributed by atoms with van der Waals surface area (Å²) in [5.74, 6) is 0.328. The molecule has 90 valence electrons. The average molecular weight is 231 g/mol. The van der Waals surface area contributed by atoms with Crippen LogP contribution in [0.5, 0.6) is 5.75 Å². The van der Waals surface area contributed by atoms with E-state index in [2.05, 4.69) is 17.3 Å². The third kappa shape index (κ3) is 2.58. The van der Waals surface area contributed by atoms with Gasteiger partial charge in [0, 0.05) is 18.4 Å². The van der Waals surface area contributed by atoms with Crippen molar-refractivity contribution in [2.24, 2.45) is 0 Å². The molecule has 0 aliphatic heterocycles. The van der Waals surface area contributed by atoms with Gasteiger partial charge in [-0.25, -0.2) is 0 Å². The Labute approximate surface area is 101 Å². The minimum atomic E-state index is 0.328. The second-order valence-corrected chi connectivity index (χ2v) is 3.99. The van der Waals surface area contributed by atoms with Crippen LogP contribution in [0.2, 0.25) is 0 Å². The molecule has 1 aromatic carbocycles. The number of anilines is 1. The quantitative estimate of drug-likeness (QED) is 0.795. The third-order valence-electron chi connectivity index (χ3n) is 2.77. The third-order valence-corrected chi connectivity index (χ3v) is 2.77. The van der Waals surface area contributed by atoms with Crippen molar-refractivity contribution in [3.8, 4) is 5.75 Å². The SMILES string of the molecule is CCn1nccc1CNc1ccc(O)c(C)c1. The molecule has 4 nitrogen and oxygen atoms in total. The first-order chi connectivity index (χ1) is 8.20. The van der Waals surface area contributed by atoms with Crippen molar-refractivity contribution in [2.45, 2.75) is 26.9 Å². The molecule has 0 saturated heterocycles. The van der Waals surface area contributed by atoms with Crippen molar-refractivity contribution in [1.29, 1.82) is 0 Å². The number of benzene rings is 1. The van der Waals surface area contributed by atoms with Gasteiger partial charge in [-0.05, 0) is 43.7 Å². The normalized spacial score (nSPS) is 10.5. The van der Waals surface area contributed by atoms with Gasteiger partial charge in [0.1, 0.15) is 5.75 Å². The molecule has 0 fully saturated rings. The molecule has 2 rings (SSSR count). The summed E-state index contributed by atoms with van der Waals surface area (Å²) in [7, 11) is 0. The summed E-state index contributed by atoms with van der Waals surface area (Å²) in [5, 5.41) is 17.0. The maximum atomic E-state index is 9.44. The molecule has 0 aliphatic carbocycles. The first-order valence-corrected chi connectivity index (χ1v) is 5.75. The Hall–Kier alpha value is -1.97. The van der Waals surface area contributed by atoms with Crippen LogP contribution in [0.15, 0.2) is 30.5 Å². The first-order valence-electron chi connectivity index (χ1n) is 5.75. The van der Waals surface area contributed by atoms with E-state index in [9.17, 15) is 5.11 Å². The Kier molecular flexibility index (Phi) is 3.32. The lowest BCUT2D eigenvalue weighted by Gasteiger charge is -2.09. The summed E-state index contributed by atoms with van der Waals surface area (Å²) in [6, 6.07) is 7.51. The van der Waals surface area contributed by atoms with E-state index in [0.717, 1.165) is 30.0 Å². The Morgan fingerprint density at radius 1 is 1.35 bits per heavy atom. The van der Waals surface area contributed by atoms with Gasteiger partial charge in [-0.2, -0.15) is 5.10 Å². The van der Waals surface area contributed by atoms with Crippen LogP contribution in [0.1, 0.15) is 18.2 Å². The second-order valence-electron chi connectivity index (χ2n) is 3.99. The van der Waals surface area contributed by atoms with E-state index in [0.29, 0.717) is 5.75 Å². The van der Waals surface area contributed by atoms with Crippen molar-refractivity contribution in [3.05, 3.63) is 41.7 Å². The molecule has 1 aromatic heterocycles. The number of aromatic hydroxyl groups is 1. The molecule has 0 spiro atoms. The monoisotopic (exact) mass is 231 g/mol. The molecule has 17 heavy (non-hydrogen) atoms. The van der Waals surface area contributed by atoms with Crippen molar-refractivity contribution in [3.63, 3.8) is 0 Å². The predicted octanol–water partition coefficient (Wildman–Crippen LogP) is 2.53. The van der Waals surface area contributed by atoms with Gasteiger partial charge in [-0.15, -0.1) is 0 Å². The molecule has 0 bridgehead atoms. The van der Waals surface area contributed by atoms with Crippen LogP contribution in [0.3, 0.4) is 0 Å². The average Bonchev–Trinajstić information content (AvgIpc) is 2.78. The minimum absolute atomic E-state index is 0.328. The Morgan fingerprint density at radius 2 is 2.18 bits per heavy atom. The number of hydrogen-bond acceptors (Lipinski definition) is 3. The largest absolute Gasteiger partial charge is 0.508 e. The van der Waals surface area contributed by atoms with Gasteiger partial charge in [-0.1, -0.05) is 0 Å². The molecule has 0 aliphatic rings. The maximum absolute atomic E-state index is 9.44. The number of hydrogen-bond donors (Lipinski definition) is 2. The van der Waals surface area contributed by atoms with Crippen molar-refractivity contribution in [2.75, 3.05) is 5.32 Å². The van der Waals surface area contributed by atoms with E-state index in [1.807, 2.05) is 36.0 Å². The van der Waals surface area contributed by atoms with E-state index in [1.54, 1.807) is 6.07 Å². The zero-order valence-electron chi connectivity index (χ0n) is 10.1. The first kappa shape index (κ1) is 11.5. The Bertz CT molecular complexity index is 505. The van der Waals surface area contributed by atoms with E-state index in [1.165, 1.54) is 0 Å². The summed E-state index contributed by atoms with van der Waals surface area (Å²) >= 11 is 0. The Balaban J connectivity index is 2.05. The Morgan fingerprint density at radius 3 is 2.88 bits per heavy atom. The molecule has 0 radical (unpaired) electrons. The smallest absolute Gasteiger partial charge is 0.118 e. The molecule has 2 aromatic rings. The van der Waals surface area contributed by atoms with Gasteiger partial charge < -0.3 is 10.4 Å². The molecule has 0 amide bonds. The van der Waals surface area contributed by atoms with Crippen molar-refractivity contribution < 1.29 is 5.11 Å². The maximum Gasteiger partial charge on any atom is 0.118 e. The molecule has 1 heterocycles. The van der Waals surface area contributed by atoms with Crippen LogP contribution in [0.25, 0.3) is 0 Å². The van der Waals surface area contributed by atoms with E-state index in [-0.39, 0.29) is 0 Å². The lowest BCUT2D eigenvalue weighted by Crippen LogP contribution is -2.07. The van der Waals surface area contributed by atoms with Gasteiger partial charge in [-0.3, -0.25) is 4.68 Å². The lowest BCUT2D eigenvalue weighted by molar-refractivity contribution is 0.471.